The summed E-state index contributed by atoms with van der Waals surface area (Å²) in [7, 11) is 3.44. The number of hydrogen-bond donors (Lipinski definition) is 2. The Bertz CT molecular complexity index is 672. The van der Waals surface area contributed by atoms with Gasteiger partial charge in [-0.3, -0.25) is 0 Å². The standard InChI is InChI=1S/C26H44N4O6/c1-29(25(33)27-21-11-5-3-6-12-21)17-9-19-35-23(31)15-16-24(32)36-20-10-18-30(2)26(34)28-22-13-7-4-8-14-22/h15-16,21-22H,3-14,17-20H2,1-2H3,(H,27,33)(H,28,34)/b16-15+. The van der Waals surface area contributed by atoms with Crippen molar-refractivity contribution < 1.29 is 28.7 Å². The molecule has 2 aliphatic carbocycles. The first-order chi connectivity index (χ1) is 17.3. The molecule has 36 heavy (non-hydrogen) atoms. The average molecular weight is 509 g/mol. The lowest BCUT2D eigenvalue weighted by Crippen LogP contribution is -2.44. The minimum atomic E-state index is -0.639. The summed E-state index contributed by atoms with van der Waals surface area (Å²) in [6.07, 6.45) is 14.3. The van der Waals surface area contributed by atoms with Crippen molar-refractivity contribution in [1.82, 2.24) is 20.4 Å². The average Bonchev–Trinajstić information content (AvgIpc) is 2.88. The molecule has 0 atom stereocenters. The normalized spacial score (nSPS) is 16.8. The molecule has 10 nitrogen and oxygen atoms in total. The van der Waals surface area contributed by atoms with Crippen LogP contribution in [0.2, 0.25) is 0 Å². The maximum Gasteiger partial charge on any atom is 0.331 e. The van der Waals surface area contributed by atoms with E-state index in [0.29, 0.717) is 25.9 Å². The molecule has 0 aromatic rings. The zero-order valence-electron chi connectivity index (χ0n) is 22.0. The number of carbonyl (C=O) groups is 4. The number of urea groups is 2. The highest BCUT2D eigenvalue weighted by molar-refractivity contribution is 5.91. The first-order valence-corrected chi connectivity index (χ1v) is 13.4. The maximum absolute atomic E-state index is 12.2. The van der Waals surface area contributed by atoms with E-state index in [0.717, 1.165) is 63.5 Å². The molecule has 2 aliphatic rings. The van der Waals surface area contributed by atoms with Crippen molar-refractivity contribution in [2.45, 2.75) is 89.1 Å². The smallest absolute Gasteiger partial charge is 0.331 e. The van der Waals surface area contributed by atoms with Gasteiger partial charge < -0.3 is 29.9 Å². The fourth-order valence-electron chi connectivity index (χ4n) is 4.45. The van der Waals surface area contributed by atoms with Crippen molar-refractivity contribution in [3.63, 3.8) is 0 Å². The molecular weight excluding hydrogens is 464 g/mol. The lowest BCUT2D eigenvalue weighted by molar-refractivity contribution is -0.140. The molecule has 0 bridgehead atoms. The molecule has 0 unspecified atom stereocenters. The molecule has 0 heterocycles. The van der Waals surface area contributed by atoms with Crippen LogP contribution in [0.5, 0.6) is 0 Å². The van der Waals surface area contributed by atoms with Crippen molar-refractivity contribution in [2.24, 2.45) is 0 Å². The van der Waals surface area contributed by atoms with Gasteiger partial charge >= 0.3 is 24.0 Å². The maximum atomic E-state index is 12.2. The van der Waals surface area contributed by atoms with Gasteiger partial charge in [-0.05, 0) is 38.5 Å². The Hall–Kier alpha value is -2.78. The number of carbonyl (C=O) groups excluding carboxylic acids is 4. The van der Waals surface area contributed by atoms with E-state index in [2.05, 4.69) is 10.6 Å². The van der Waals surface area contributed by atoms with E-state index in [4.69, 9.17) is 9.47 Å². The highest BCUT2D eigenvalue weighted by Crippen LogP contribution is 2.18. The minimum Gasteiger partial charge on any atom is -0.462 e. The van der Waals surface area contributed by atoms with Crippen LogP contribution in [-0.2, 0) is 19.1 Å². The van der Waals surface area contributed by atoms with Gasteiger partial charge in [-0.2, -0.15) is 0 Å². The van der Waals surface area contributed by atoms with Crippen LogP contribution in [0.1, 0.15) is 77.0 Å². The molecule has 2 fully saturated rings. The summed E-state index contributed by atoms with van der Waals surface area (Å²) in [6.45, 7) is 1.22. The molecular formula is C26H44N4O6. The second kappa shape index (κ2) is 16.8. The molecule has 204 valence electrons. The highest BCUT2D eigenvalue weighted by Gasteiger charge is 2.18. The zero-order valence-corrected chi connectivity index (χ0v) is 22.0. The Morgan fingerprint density at radius 1 is 0.667 bits per heavy atom. The number of nitrogens with one attached hydrogen (secondary N) is 2. The topological polar surface area (TPSA) is 117 Å². The Labute approximate surface area is 215 Å². The monoisotopic (exact) mass is 508 g/mol. The molecule has 0 aromatic carbocycles. The van der Waals surface area contributed by atoms with Gasteiger partial charge in [-0.1, -0.05) is 38.5 Å². The van der Waals surface area contributed by atoms with Gasteiger partial charge in [0.25, 0.3) is 0 Å². The van der Waals surface area contributed by atoms with Crippen LogP contribution < -0.4 is 10.6 Å². The van der Waals surface area contributed by atoms with Gasteiger partial charge in [0, 0.05) is 51.4 Å². The highest BCUT2D eigenvalue weighted by atomic mass is 16.5. The zero-order chi connectivity index (χ0) is 26.2. The number of esters is 2. The Morgan fingerprint density at radius 3 is 1.39 bits per heavy atom. The first kappa shape index (κ1) is 29.5. The van der Waals surface area contributed by atoms with E-state index < -0.39 is 11.9 Å². The Kier molecular flexibility index (Phi) is 13.8. The van der Waals surface area contributed by atoms with Crippen LogP contribution >= 0.6 is 0 Å². The summed E-state index contributed by atoms with van der Waals surface area (Å²) >= 11 is 0. The molecule has 0 aliphatic heterocycles. The molecule has 10 heteroatoms. The number of ether oxygens (including phenoxy) is 2. The van der Waals surface area contributed by atoms with E-state index in [9.17, 15) is 19.2 Å². The van der Waals surface area contributed by atoms with Gasteiger partial charge in [0.1, 0.15) is 0 Å². The lowest BCUT2D eigenvalue weighted by Gasteiger charge is -2.26. The van der Waals surface area contributed by atoms with Crippen LogP contribution in [0.15, 0.2) is 12.2 Å². The van der Waals surface area contributed by atoms with Crippen molar-refractivity contribution in [1.29, 1.82) is 0 Å². The van der Waals surface area contributed by atoms with Crippen molar-refractivity contribution in [2.75, 3.05) is 40.4 Å². The van der Waals surface area contributed by atoms with Crippen LogP contribution in [0, 0.1) is 0 Å². The number of nitrogens with zero attached hydrogens (tertiary/aromatic N) is 2. The van der Waals surface area contributed by atoms with Gasteiger partial charge in [0.05, 0.1) is 13.2 Å². The molecule has 4 amide bonds. The van der Waals surface area contributed by atoms with E-state index in [-0.39, 0.29) is 37.4 Å². The van der Waals surface area contributed by atoms with Crippen molar-refractivity contribution in [3.05, 3.63) is 12.2 Å². The third-order valence-corrected chi connectivity index (χ3v) is 6.68. The van der Waals surface area contributed by atoms with E-state index >= 15 is 0 Å². The van der Waals surface area contributed by atoms with Gasteiger partial charge in [-0.25, -0.2) is 19.2 Å². The van der Waals surface area contributed by atoms with Crippen LogP contribution in [0.25, 0.3) is 0 Å². The van der Waals surface area contributed by atoms with Gasteiger partial charge in [-0.15, -0.1) is 0 Å². The summed E-state index contributed by atoms with van der Waals surface area (Å²) in [5.41, 5.74) is 0. The summed E-state index contributed by atoms with van der Waals surface area (Å²) < 4.78 is 10.2. The van der Waals surface area contributed by atoms with Gasteiger partial charge in [0.15, 0.2) is 0 Å². The fourth-order valence-corrected chi connectivity index (χ4v) is 4.45. The summed E-state index contributed by atoms with van der Waals surface area (Å²) in [5, 5.41) is 6.09. The van der Waals surface area contributed by atoms with Crippen LogP contribution in [-0.4, -0.2) is 86.3 Å². The van der Waals surface area contributed by atoms with Crippen LogP contribution in [0.3, 0.4) is 0 Å². The quantitative estimate of drug-likeness (QED) is 0.237. The molecule has 0 spiro atoms. The molecule has 2 rings (SSSR count). The number of hydrogen-bond acceptors (Lipinski definition) is 6. The third kappa shape index (κ3) is 12.3. The number of rotatable bonds is 12. The summed E-state index contributed by atoms with van der Waals surface area (Å²) in [5.74, 6) is -1.28. The molecule has 0 aromatic heterocycles. The Balaban J connectivity index is 1.49. The number of amides is 4. The van der Waals surface area contributed by atoms with Crippen molar-refractivity contribution >= 4 is 24.0 Å². The third-order valence-electron chi connectivity index (χ3n) is 6.68. The van der Waals surface area contributed by atoms with Crippen LogP contribution in [0.4, 0.5) is 9.59 Å². The molecule has 2 N–H and O–H groups in total. The first-order valence-electron chi connectivity index (χ1n) is 13.4. The predicted molar refractivity (Wildman–Crippen MR) is 136 cm³/mol. The van der Waals surface area contributed by atoms with Gasteiger partial charge in [0.2, 0.25) is 0 Å². The fraction of sp³-hybridized carbons (Fsp3) is 0.769. The second-order valence-electron chi connectivity index (χ2n) is 9.79. The minimum absolute atomic E-state index is 0.105. The Morgan fingerprint density at radius 2 is 1.03 bits per heavy atom. The molecule has 0 saturated heterocycles. The van der Waals surface area contributed by atoms with E-state index in [1.807, 2.05) is 0 Å². The summed E-state index contributed by atoms with van der Waals surface area (Å²) in [6, 6.07) is 0.296. The summed E-state index contributed by atoms with van der Waals surface area (Å²) in [4.78, 5) is 51.1. The molecule has 2 saturated carbocycles. The van der Waals surface area contributed by atoms with E-state index in [1.54, 1.807) is 23.9 Å². The predicted octanol–water partition coefficient (Wildman–Crippen LogP) is 3.36. The second-order valence-corrected chi connectivity index (χ2v) is 9.79. The molecule has 0 radical (unpaired) electrons. The lowest BCUT2D eigenvalue weighted by atomic mass is 9.96. The van der Waals surface area contributed by atoms with Crippen molar-refractivity contribution in [3.8, 4) is 0 Å². The SMILES string of the molecule is CN(CCCOC(=O)/C=C/C(=O)OCCCN(C)C(=O)NC1CCCCC1)C(=O)NC1CCCCC1. The largest absolute Gasteiger partial charge is 0.462 e. The van der Waals surface area contributed by atoms with E-state index in [1.165, 1.54) is 12.8 Å².